The van der Waals surface area contributed by atoms with E-state index < -0.39 is 0 Å². The molecule has 22 heavy (non-hydrogen) atoms. The molecule has 0 saturated carbocycles. The van der Waals surface area contributed by atoms with Gasteiger partial charge in [0.2, 0.25) is 0 Å². The predicted molar refractivity (Wildman–Crippen MR) is 84.5 cm³/mol. The number of hydrogen-bond acceptors (Lipinski definition) is 5. The number of fused-ring (bicyclic) bond motifs is 1. The van der Waals surface area contributed by atoms with Gasteiger partial charge < -0.3 is 4.42 Å². The predicted octanol–water partition coefficient (Wildman–Crippen LogP) is 3.68. The fourth-order valence-electron chi connectivity index (χ4n) is 2.16. The molecule has 0 unspecified atom stereocenters. The summed E-state index contributed by atoms with van der Waals surface area (Å²) in [6.07, 6.45) is 1.68. The van der Waals surface area contributed by atoms with E-state index in [4.69, 9.17) is 4.42 Å². The van der Waals surface area contributed by atoms with E-state index in [1.165, 1.54) is 0 Å². The van der Waals surface area contributed by atoms with E-state index in [0.29, 0.717) is 0 Å². The first-order chi connectivity index (χ1) is 10.9. The summed E-state index contributed by atoms with van der Waals surface area (Å²) in [6.45, 7) is 0. The van der Waals surface area contributed by atoms with Crippen molar-refractivity contribution in [1.82, 2.24) is 19.8 Å². The highest BCUT2D eigenvalue weighted by molar-refractivity contribution is 7.98. The monoisotopic (exact) mass is 308 g/mol. The zero-order valence-corrected chi connectivity index (χ0v) is 12.4. The van der Waals surface area contributed by atoms with Crippen LogP contribution in [-0.4, -0.2) is 19.8 Å². The molecular formula is C16H12N4OS. The molecule has 4 aromatic rings. The standard InChI is InChI=1S/C16H12N4OS/c1-2-5-12(6-3-1)16-18-17-14-8-9-15(19-20(14)16)22-11-13-7-4-10-21-13/h1-10H,11H2. The highest BCUT2D eigenvalue weighted by atomic mass is 32.2. The molecule has 0 radical (unpaired) electrons. The van der Waals surface area contributed by atoms with Crippen molar-refractivity contribution in [3.05, 3.63) is 66.6 Å². The van der Waals surface area contributed by atoms with Crippen molar-refractivity contribution in [3.8, 4) is 11.4 Å². The second kappa shape index (κ2) is 5.65. The van der Waals surface area contributed by atoms with Gasteiger partial charge in [-0.1, -0.05) is 42.1 Å². The highest BCUT2D eigenvalue weighted by Gasteiger charge is 2.10. The number of thioether (sulfide) groups is 1. The molecule has 108 valence electrons. The van der Waals surface area contributed by atoms with Gasteiger partial charge in [-0.05, 0) is 24.3 Å². The van der Waals surface area contributed by atoms with Gasteiger partial charge in [0.05, 0.1) is 12.0 Å². The van der Waals surface area contributed by atoms with E-state index >= 15 is 0 Å². The lowest BCUT2D eigenvalue weighted by molar-refractivity contribution is 0.530. The Labute approximate surface area is 131 Å². The van der Waals surface area contributed by atoms with E-state index in [9.17, 15) is 0 Å². The molecule has 3 aromatic heterocycles. The summed E-state index contributed by atoms with van der Waals surface area (Å²) in [6, 6.07) is 17.7. The van der Waals surface area contributed by atoms with Gasteiger partial charge in [0.1, 0.15) is 10.8 Å². The lowest BCUT2D eigenvalue weighted by atomic mass is 10.2. The second-order valence-corrected chi connectivity index (χ2v) is 5.69. The Bertz CT molecular complexity index is 887. The molecule has 0 aliphatic carbocycles. The van der Waals surface area contributed by atoms with Gasteiger partial charge >= 0.3 is 0 Å². The molecular weight excluding hydrogens is 296 g/mol. The maximum absolute atomic E-state index is 5.34. The van der Waals surface area contributed by atoms with Crippen molar-refractivity contribution in [2.45, 2.75) is 10.8 Å². The maximum atomic E-state index is 5.34. The zero-order valence-electron chi connectivity index (χ0n) is 11.6. The van der Waals surface area contributed by atoms with Crippen LogP contribution >= 0.6 is 11.8 Å². The van der Waals surface area contributed by atoms with Crippen LogP contribution in [0.15, 0.2) is 70.3 Å². The van der Waals surface area contributed by atoms with E-state index in [1.807, 2.05) is 54.6 Å². The molecule has 0 amide bonds. The van der Waals surface area contributed by atoms with Crippen molar-refractivity contribution in [2.24, 2.45) is 0 Å². The molecule has 0 aliphatic heterocycles. The minimum absolute atomic E-state index is 0.737. The molecule has 0 atom stereocenters. The molecule has 4 rings (SSSR count). The summed E-state index contributed by atoms with van der Waals surface area (Å²) >= 11 is 1.62. The lowest BCUT2D eigenvalue weighted by Gasteiger charge is -2.02. The summed E-state index contributed by atoms with van der Waals surface area (Å²) in [5.41, 5.74) is 1.73. The topological polar surface area (TPSA) is 56.2 Å². The largest absolute Gasteiger partial charge is 0.468 e. The van der Waals surface area contributed by atoms with Gasteiger partial charge in [0.15, 0.2) is 11.5 Å². The SMILES string of the molecule is c1ccc(-c2nnc3ccc(SCc4ccco4)nn23)cc1. The third-order valence-corrected chi connectivity index (χ3v) is 4.16. The molecule has 0 N–H and O–H groups in total. The van der Waals surface area contributed by atoms with Crippen LogP contribution in [0.4, 0.5) is 0 Å². The molecule has 3 heterocycles. The van der Waals surface area contributed by atoms with Crippen LogP contribution in [0.2, 0.25) is 0 Å². The van der Waals surface area contributed by atoms with Crippen molar-refractivity contribution in [2.75, 3.05) is 0 Å². The Morgan fingerprint density at radius 3 is 2.68 bits per heavy atom. The van der Waals surface area contributed by atoms with Crippen LogP contribution in [0.5, 0.6) is 0 Å². The normalized spacial score (nSPS) is 11.1. The van der Waals surface area contributed by atoms with Crippen molar-refractivity contribution < 1.29 is 4.42 Å². The Morgan fingerprint density at radius 2 is 1.86 bits per heavy atom. The zero-order chi connectivity index (χ0) is 14.8. The Balaban J connectivity index is 1.67. The minimum Gasteiger partial charge on any atom is -0.468 e. The lowest BCUT2D eigenvalue weighted by Crippen LogP contribution is -1.96. The second-order valence-electron chi connectivity index (χ2n) is 4.70. The van der Waals surface area contributed by atoms with E-state index in [0.717, 1.165) is 33.6 Å². The minimum atomic E-state index is 0.737. The number of hydrogen-bond donors (Lipinski definition) is 0. The number of rotatable bonds is 4. The Hall–Kier alpha value is -2.60. The molecule has 0 aliphatic rings. The first kappa shape index (κ1) is 13.1. The van der Waals surface area contributed by atoms with Crippen LogP contribution in [0.3, 0.4) is 0 Å². The van der Waals surface area contributed by atoms with Gasteiger partial charge in [-0.2, -0.15) is 9.61 Å². The van der Waals surface area contributed by atoms with E-state index in [2.05, 4.69) is 15.3 Å². The number of benzene rings is 1. The van der Waals surface area contributed by atoms with Gasteiger partial charge in [0.25, 0.3) is 0 Å². The van der Waals surface area contributed by atoms with Gasteiger partial charge in [-0.15, -0.1) is 10.2 Å². The molecule has 0 spiro atoms. The first-order valence-corrected chi connectivity index (χ1v) is 7.82. The van der Waals surface area contributed by atoms with E-state index in [-0.39, 0.29) is 0 Å². The van der Waals surface area contributed by atoms with Gasteiger partial charge in [-0.25, -0.2) is 0 Å². The molecule has 0 bridgehead atoms. The van der Waals surface area contributed by atoms with Gasteiger partial charge in [0, 0.05) is 5.56 Å². The average Bonchev–Trinajstić information content (AvgIpc) is 3.23. The first-order valence-electron chi connectivity index (χ1n) is 6.83. The number of nitrogens with zero attached hydrogens (tertiary/aromatic N) is 4. The molecule has 5 nitrogen and oxygen atoms in total. The summed E-state index contributed by atoms with van der Waals surface area (Å²) in [5, 5.41) is 13.9. The average molecular weight is 308 g/mol. The summed E-state index contributed by atoms with van der Waals surface area (Å²) in [4.78, 5) is 0. The highest BCUT2D eigenvalue weighted by Crippen LogP contribution is 2.23. The van der Waals surface area contributed by atoms with Crippen LogP contribution in [0.1, 0.15) is 5.76 Å². The molecule has 6 heteroatoms. The third-order valence-electron chi connectivity index (χ3n) is 3.21. The Kier molecular flexibility index (Phi) is 3.36. The fraction of sp³-hybridized carbons (Fsp3) is 0.0625. The van der Waals surface area contributed by atoms with Crippen molar-refractivity contribution >= 4 is 17.4 Å². The molecule has 0 fully saturated rings. The smallest absolute Gasteiger partial charge is 0.185 e. The number of aromatic nitrogens is 4. The van der Waals surface area contributed by atoms with Crippen LogP contribution in [0.25, 0.3) is 17.0 Å². The number of furan rings is 1. The quantitative estimate of drug-likeness (QED) is 0.538. The third kappa shape index (κ3) is 2.48. The fourth-order valence-corrected chi connectivity index (χ4v) is 2.91. The van der Waals surface area contributed by atoms with Gasteiger partial charge in [-0.3, -0.25) is 0 Å². The molecule has 0 saturated heterocycles. The van der Waals surface area contributed by atoms with Crippen LogP contribution in [-0.2, 0) is 5.75 Å². The summed E-state index contributed by atoms with van der Waals surface area (Å²) in [7, 11) is 0. The van der Waals surface area contributed by atoms with Crippen molar-refractivity contribution in [3.63, 3.8) is 0 Å². The summed E-state index contributed by atoms with van der Waals surface area (Å²) < 4.78 is 7.12. The maximum Gasteiger partial charge on any atom is 0.185 e. The summed E-state index contributed by atoms with van der Waals surface area (Å²) in [5.74, 6) is 2.42. The van der Waals surface area contributed by atoms with Crippen molar-refractivity contribution in [1.29, 1.82) is 0 Å². The van der Waals surface area contributed by atoms with Crippen LogP contribution < -0.4 is 0 Å². The van der Waals surface area contributed by atoms with E-state index in [1.54, 1.807) is 22.5 Å². The Morgan fingerprint density at radius 1 is 0.955 bits per heavy atom. The van der Waals surface area contributed by atoms with Crippen LogP contribution in [0, 0.1) is 0 Å². The molecule has 1 aromatic carbocycles.